The topological polar surface area (TPSA) is 6.48 Å². The Bertz CT molecular complexity index is 379. The van der Waals surface area contributed by atoms with Crippen LogP contribution >= 0.6 is 0 Å². The molecular formula is C28H56N2. The predicted octanol–water partition coefficient (Wildman–Crippen LogP) is 9.26. The Labute approximate surface area is 190 Å². The van der Waals surface area contributed by atoms with Crippen molar-refractivity contribution in [2.75, 3.05) is 13.1 Å². The molecule has 0 radical (unpaired) electrons. The van der Waals surface area contributed by atoms with E-state index in [9.17, 15) is 0 Å². The Balaban J connectivity index is 2.11. The van der Waals surface area contributed by atoms with Gasteiger partial charge in [-0.3, -0.25) is 0 Å². The van der Waals surface area contributed by atoms with Crippen LogP contribution in [0.25, 0.3) is 0 Å². The molecule has 30 heavy (non-hydrogen) atoms. The van der Waals surface area contributed by atoms with E-state index >= 15 is 0 Å². The van der Waals surface area contributed by atoms with Gasteiger partial charge in [0.25, 0.3) is 0 Å². The van der Waals surface area contributed by atoms with Crippen LogP contribution in [0.15, 0.2) is 12.4 Å². The molecule has 0 spiro atoms. The minimum Gasteiger partial charge on any atom is -0.356 e. The van der Waals surface area contributed by atoms with Crippen LogP contribution in [0.3, 0.4) is 0 Å². The molecule has 1 rings (SSSR count). The molecule has 0 saturated heterocycles. The molecule has 0 fully saturated rings. The van der Waals surface area contributed by atoms with Crippen molar-refractivity contribution in [1.29, 1.82) is 0 Å². The maximum Gasteiger partial charge on any atom is 0.101 e. The summed E-state index contributed by atoms with van der Waals surface area (Å²) in [6.45, 7) is 9.39. The van der Waals surface area contributed by atoms with Crippen LogP contribution in [0.4, 0.5) is 0 Å². The molecule has 0 aromatic heterocycles. The summed E-state index contributed by atoms with van der Waals surface area (Å²) in [7, 11) is 0. The average Bonchev–Trinajstić information content (AvgIpc) is 3.13. The van der Waals surface area contributed by atoms with E-state index in [1.165, 1.54) is 142 Å². The quantitative estimate of drug-likeness (QED) is 0.161. The van der Waals surface area contributed by atoms with E-state index in [2.05, 4.69) is 43.0 Å². The van der Waals surface area contributed by atoms with Crippen LogP contribution in [0, 0.1) is 0 Å². The van der Waals surface area contributed by atoms with E-state index < -0.39 is 0 Å². The second-order valence-electron chi connectivity index (χ2n) is 9.70. The first-order valence-corrected chi connectivity index (χ1v) is 14.0. The van der Waals surface area contributed by atoms with Crippen LogP contribution in [0.2, 0.25) is 0 Å². The fourth-order valence-corrected chi connectivity index (χ4v) is 4.84. The third kappa shape index (κ3) is 13.6. The lowest BCUT2D eigenvalue weighted by atomic mass is 10.0. The highest BCUT2D eigenvalue weighted by molar-refractivity contribution is 4.96. The lowest BCUT2D eigenvalue weighted by Crippen LogP contribution is -2.39. The van der Waals surface area contributed by atoms with Crippen molar-refractivity contribution in [2.45, 2.75) is 155 Å². The number of unbranched alkanes of at least 4 members (excludes halogenated alkanes) is 16. The first-order valence-electron chi connectivity index (χ1n) is 14.0. The highest BCUT2D eigenvalue weighted by atomic mass is 15.4. The zero-order valence-corrected chi connectivity index (χ0v) is 21.2. The first-order chi connectivity index (χ1) is 14.8. The molecule has 0 N–H and O–H groups in total. The Morgan fingerprint density at radius 3 is 1.30 bits per heavy atom. The summed E-state index contributed by atoms with van der Waals surface area (Å²) in [5, 5.41) is 0. The minimum absolute atomic E-state index is 0.642. The molecular weight excluding hydrogens is 364 g/mol. The van der Waals surface area contributed by atoms with Gasteiger partial charge in [0.15, 0.2) is 0 Å². The van der Waals surface area contributed by atoms with Crippen molar-refractivity contribution in [1.82, 2.24) is 9.80 Å². The van der Waals surface area contributed by atoms with Gasteiger partial charge in [0.1, 0.15) is 6.17 Å². The van der Waals surface area contributed by atoms with E-state index in [4.69, 9.17) is 0 Å². The minimum atomic E-state index is 0.642. The molecule has 1 unspecified atom stereocenters. The number of hydrogen-bond donors (Lipinski definition) is 0. The number of hydrogen-bond acceptors (Lipinski definition) is 2. The summed E-state index contributed by atoms with van der Waals surface area (Å²) < 4.78 is 0. The number of rotatable bonds is 22. The van der Waals surface area contributed by atoms with E-state index in [0.29, 0.717) is 6.17 Å². The van der Waals surface area contributed by atoms with Gasteiger partial charge in [-0.15, -0.1) is 0 Å². The molecule has 0 amide bonds. The predicted molar refractivity (Wildman–Crippen MR) is 136 cm³/mol. The molecule has 2 heteroatoms. The molecule has 1 atom stereocenters. The molecule has 0 aliphatic carbocycles. The van der Waals surface area contributed by atoms with Gasteiger partial charge in [0.05, 0.1) is 0 Å². The fraction of sp³-hybridized carbons (Fsp3) is 0.929. The van der Waals surface area contributed by atoms with Gasteiger partial charge in [-0.25, -0.2) is 0 Å². The largest absolute Gasteiger partial charge is 0.356 e. The second kappa shape index (κ2) is 20.3. The van der Waals surface area contributed by atoms with Gasteiger partial charge in [-0.1, -0.05) is 124 Å². The van der Waals surface area contributed by atoms with Crippen LogP contribution in [0.1, 0.15) is 149 Å². The normalized spacial score (nSPS) is 16.2. The monoisotopic (exact) mass is 420 g/mol. The van der Waals surface area contributed by atoms with Crippen molar-refractivity contribution < 1.29 is 0 Å². The molecule has 1 aliphatic rings. The molecule has 1 aliphatic heterocycles. The van der Waals surface area contributed by atoms with Crippen LogP contribution in [-0.4, -0.2) is 29.1 Å². The van der Waals surface area contributed by atoms with Crippen molar-refractivity contribution in [3.05, 3.63) is 12.4 Å². The maximum atomic E-state index is 2.65. The summed E-state index contributed by atoms with van der Waals surface area (Å²) in [5.41, 5.74) is 0. The summed E-state index contributed by atoms with van der Waals surface area (Å²) in [6, 6.07) is 0. The molecule has 0 aromatic rings. The van der Waals surface area contributed by atoms with E-state index in [1.807, 2.05) is 0 Å². The first kappa shape index (κ1) is 27.4. The Morgan fingerprint density at radius 1 is 0.433 bits per heavy atom. The summed E-state index contributed by atoms with van der Waals surface area (Å²) in [4.78, 5) is 5.26. The van der Waals surface area contributed by atoms with Crippen LogP contribution in [0.5, 0.6) is 0 Å². The van der Waals surface area contributed by atoms with E-state index in [0.717, 1.165) is 0 Å². The van der Waals surface area contributed by atoms with Crippen molar-refractivity contribution >= 4 is 0 Å². The van der Waals surface area contributed by atoms with Gasteiger partial charge in [0.2, 0.25) is 0 Å². The van der Waals surface area contributed by atoms with Gasteiger partial charge >= 0.3 is 0 Å². The molecule has 2 nitrogen and oxygen atoms in total. The Kier molecular flexibility index (Phi) is 18.5. The smallest absolute Gasteiger partial charge is 0.101 e. The van der Waals surface area contributed by atoms with Gasteiger partial charge in [0, 0.05) is 25.5 Å². The molecule has 0 saturated carbocycles. The molecule has 178 valence electrons. The van der Waals surface area contributed by atoms with Crippen molar-refractivity contribution in [2.24, 2.45) is 0 Å². The summed E-state index contributed by atoms with van der Waals surface area (Å²) in [6.07, 6.45) is 33.7. The maximum absolute atomic E-state index is 2.65. The highest BCUT2D eigenvalue weighted by Gasteiger charge is 2.24. The molecule has 0 aromatic carbocycles. The van der Waals surface area contributed by atoms with E-state index in [-0.39, 0.29) is 0 Å². The van der Waals surface area contributed by atoms with E-state index in [1.54, 1.807) is 0 Å². The highest BCUT2D eigenvalue weighted by Crippen LogP contribution is 2.23. The molecule has 1 heterocycles. The summed E-state index contributed by atoms with van der Waals surface area (Å²) >= 11 is 0. The van der Waals surface area contributed by atoms with Crippen LogP contribution in [-0.2, 0) is 0 Å². The standard InChI is InChI=1S/C28H56N2/c1-4-7-9-11-13-15-16-17-19-21-23-28-29(24-6-3)26-27-30(28)25-22-20-18-14-12-10-8-5-2/h26-28H,4-25H2,1-3H3. The molecule has 0 bridgehead atoms. The second-order valence-corrected chi connectivity index (χ2v) is 9.70. The third-order valence-corrected chi connectivity index (χ3v) is 6.78. The lowest BCUT2D eigenvalue weighted by molar-refractivity contribution is 0.137. The average molecular weight is 421 g/mol. The fourth-order valence-electron chi connectivity index (χ4n) is 4.84. The summed E-state index contributed by atoms with van der Waals surface area (Å²) in [5.74, 6) is 0. The Morgan fingerprint density at radius 2 is 0.833 bits per heavy atom. The van der Waals surface area contributed by atoms with Crippen molar-refractivity contribution in [3.8, 4) is 0 Å². The van der Waals surface area contributed by atoms with Gasteiger partial charge < -0.3 is 9.80 Å². The lowest BCUT2D eigenvalue weighted by Gasteiger charge is -2.33. The van der Waals surface area contributed by atoms with Gasteiger partial charge in [-0.05, 0) is 25.7 Å². The zero-order valence-electron chi connectivity index (χ0n) is 21.2. The third-order valence-electron chi connectivity index (χ3n) is 6.78. The SMILES string of the molecule is CCCCCCCCCCCCC1N(CCC)C=CN1CCCCCCCCCC. The van der Waals surface area contributed by atoms with Crippen molar-refractivity contribution in [3.63, 3.8) is 0 Å². The van der Waals surface area contributed by atoms with Crippen LogP contribution < -0.4 is 0 Å². The van der Waals surface area contributed by atoms with Gasteiger partial charge in [-0.2, -0.15) is 0 Å². The zero-order chi connectivity index (χ0) is 21.7. The Hall–Kier alpha value is -0.660. The number of nitrogens with zero attached hydrogens (tertiary/aromatic N) is 2.